The van der Waals surface area contributed by atoms with Gasteiger partial charge in [0.15, 0.2) is 12.4 Å². The number of esters is 1. The molecule has 0 aliphatic carbocycles. The fourth-order valence-corrected chi connectivity index (χ4v) is 3.85. The number of carbonyl (C=O) groups excluding carboxylic acids is 1. The maximum atomic E-state index is 12.2. The molecule has 0 bridgehead atoms. The number of nitrogen functional groups attached to an aromatic ring is 1. The Labute approximate surface area is 163 Å². The van der Waals surface area contributed by atoms with Crippen LogP contribution in [0.4, 0.5) is 5.82 Å². The van der Waals surface area contributed by atoms with Crippen molar-refractivity contribution in [2.24, 2.45) is 0 Å². The Morgan fingerprint density at radius 1 is 1.15 bits per heavy atom. The Balaban J connectivity index is 1.60. The van der Waals surface area contributed by atoms with Crippen molar-refractivity contribution < 1.29 is 17.9 Å². The van der Waals surface area contributed by atoms with Crippen LogP contribution in [0.1, 0.15) is 5.82 Å². The van der Waals surface area contributed by atoms with Gasteiger partial charge in [-0.15, -0.1) is 0 Å². The maximum Gasteiger partial charge on any atom is 0.321 e. The largest absolute Gasteiger partial charge is 0.456 e. The number of nitrogens with zero attached hydrogens (tertiary/aromatic N) is 2. The molecule has 0 spiro atoms. The lowest BCUT2D eigenvalue weighted by Crippen LogP contribution is -2.30. The SMILES string of the molecule is Nc1nc(COC(=O)CNS(=O)(=O)c2cccc(Br)c2)nc2ccccc12. The van der Waals surface area contributed by atoms with E-state index in [0.29, 0.717) is 15.4 Å². The van der Waals surface area contributed by atoms with E-state index in [2.05, 4.69) is 30.6 Å². The quantitative estimate of drug-likeness (QED) is 0.550. The zero-order chi connectivity index (χ0) is 19.4. The number of rotatable bonds is 6. The van der Waals surface area contributed by atoms with Crippen molar-refractivity contribution in [2.45, 2.75) is 11.5 Å². The summed E-state index contributed by atoms with van der Waals surface area (Å²) in [5.74, 6) is -0.250. The molecule has 0 saturated heterocycles. The van der Waals surface area contributed by atoms with Crippen LogP contribution in [0.15, 0.2) is 57.9 Å². The molecule has 0 fully saturated rings. The zero-order valence-electron chi connectivity index (χ0n) is 13.9. The number of aromatic nitrogens is 2. The number of hydrogen-bond acceptors (Lipinski definition) is 7. The van der Waals surface area contributed by atoms with Gasteiger partial charge in [0.2, 0.25) is 10.0 Å². The van der Waals surface area contributed by atoms with Crippen molar-refractivity contribution in [2.75, 3.05) is 12.3 Å². The van der Waals surface area contributed by atoms with Crippen LogP contribution < -0.4 is 10.5 Å². The molecule has 0 aliphatic heterocycles. The third kappa shape index (κ3) is 4.79. The average Bonchev–Trinajstić information content (AvgIpc) is 2.65. The van der Waals surface area contributed by atoms with Crippen molar-refractivity contribution in [3.63, 3.8) is 0 Å². The number of halogens is 1. The van der Waals surface area contributed by atoms with Gasteiger partial charge in [0.05, 0.1) is 10.4 Å². The fraction of sp³-hybridized carbons (Fsp3) is 0.118. The predicted octanol–water partition coefficient (Wildman–Crippen LogP) is 2.00. The molecule has 3 rings (SSSR count). The molecule has 2 aromatic carbocycles. The minimum Gasteiger partial charge on any atom is -0.456 e. The smallest absolute Gasteiger partial charge is 0.321 e. The van der Waals surface area contributed by atoms with Gasteiger partial charge >= 0.3 is 5.97 Å². The Bertz CT molecular complexity index is 1110. The predicted molar refractivity (Wildman–Crippen MR) is 103 cm³/mol. The van der Waals surface area contributed by atoms with Crippen molar-refractivity contribution in [3.8, 4) is 0 Å². The molecule has 0 aliphatic rings. The minimum atomic E-state index is -3.83. The third-order valence-electron chi connectivity index (χ3n) is 3.55. The Kier molecular flexibility index (Phi) is 5.68. The van der Waals surface area contributed by atoms with E-state index in [4.69, 9.17) is 10.5 Å². The van der Waals surface area contributed by atoms with Crippen LogP contribution in [-0.2, 0) is 26.2 Å². The van der Waals surface area contributed by atoms with E-state index in [1.165, 1.54) is 12.1 Å². The van der Waals surface area contributed by atoms with E-state index in [-0.39, 0.29) is 23.1 Å². The normalized spacial score (nSPS) is 11.4. The molecule has 0 radical (unpaired) electrons. The summed E-state index contributed by atoms with van der Waals surface area (Å²) in [5.41, 5.74) is 6.50. The van der Waals surface area contributed by atoms with E-state index >= 15 is 0 Å². The van der Waals surface area contributed by atoms with Crippen LogP contribution in [0, 0.1) is 0 Å². The lowest BCUT2D eigenvalue weighted by atomic mass is 10.2. The molecule has 8 nitrogen and oxygen atoms in total. The van der Waals surface area contributed by atoms with E-state index in [1.807, 2.05) is 6.07 Å². The van der Waals surface area contributed by atoms with Crippen LogP contribution >= 0.6 is 15.9 Å². The van der Waals surface area contributed by atoms with Gasteiger partial charge in [0.1, 0.15) is 12.4 Å². The molecule has 0 unspecified atom stereocenters. The molecule has 0 saturated carbocycles. The van der Waals surface area contributed by atoms with E-state index in [1.54, 1.807) is 30.3 Å². The summed E-state index contributed by atoms with van der Waals surface area (Å²) in [6.45, 7) is -0.732. The van der Waals surface area contributed by atoms with E-state index in [0.717, 1.165) is 0 Å². The topological polar surface area (TPSA) is 124 Å². The number of carbonyl (C=O) groups is 1. The fourth-order valence-electron chi connectivity index (χ4n) is 2.28. The van der Waals surface area contributed by atoms with Gasteiger partial charge in [-0.25, -0.2) is 18.4 Å². The number of sulfonamides is 1. The van der Waals surface area contributed by atoms with Gasteiger partial charge in [-0.2, -0.15) is 4.72 Å². The lowest BCUT2D eigenvalue weighted by Gasteiger charge is -2.08. The molecule has 0 amide bonds. The highest BCUT2D eigenvalue weighted by molar-refractivity contribution is 9.10. The number of benzene rings is 2. The number of fused-ring (bicyclic) bond motifs is 1. The first-order valence-electron chi connectivity index (χ1n) is 7.77. The van der Waals surface area contributed by atoms with E-state index < -0.39 is 22.5 Å². The molecule has 1 heterocycles. The van der Waals surface area contributed by atoms with Crippen LogP contribution in [0.2, 0.25) is 0 Å². The monoisotopic (exact) mass is 450 g/mol. The van der Waals surface area contributed by atoms with Gasteiger partial charge in [0, 0.05) is 9.86 Å². The first-order chi connectivity index (χ1) is 12.8. The number of ether oxygens (including phenoxy) is 1. The number of nitrogens with one attached hydrogen (secondary N) is 1. The first-order valence-corrected chi connectivity index (χ1v) is 10.0. The van der Waals surface area contributed by atoms with Crippen molar-refractivity contribution >= 4 is 48.6 Å². The Hall–Kier alpha value is -2.56. The van der Waals surface area contributed by atoms with Crippen LogP contribution in [0.25, 0.3) is 10.9 Å². The molecule has 27 heavy (non-hydrogen) atoms. The lowest BCUT2D eigenvalue weighted by molar-refractivity contribution is -0.143. The van der Waals surface area contributed by atoms with Gasteiger partial charge < -0.3 is 10.5 Å². The van der Waals surface area contributed by atoms with Gasteiger partial charge in [-0.05, 0) is 30.3 Å². The van der Waals surface area contributed by atoms with Gasteiger partial charge in [0.25, 0.3) is 0 Å². The Morgan fingerprint density at radius 2 is 1.93 bits per heavy atom. The second-order valence-electron chi connectivity index (χ2n) is 5.48. The second-order valence-corrected chi connectivity index (χ2v) is 8.17. The maximum absolute atomic E-state index is 12.2. The molecular weight excluding hydrogens is 436 g/mol. The second kappa shape index (κ2) is 7.99. The molecular formula is C17H15BrN4O4S. The molecule has 0 atom stereocenters. The van der Waals surface area contributed by atoms with E-state index in [9.17, 15) is 13.2 Å². The molecule has 3 N–H and O–H groups in total. The summed E-state index contributed by atoms with van der Waals surface area (Å²) < 4.78 is 32.2. The van der Waals surface area contributed by atoms with Gasteiger partial charge in [-0.1, -0.05) is 34.1 Å². The summed E-state index contributed by atoms with van der Waals surface area (Å²) >= 11 is 3.20. The van der Waals surface area contributed by atoms with Crippen LogP contribution in [-0.4, -0.2) is 30.9 Å². The highest BCUT2D eigenvalue weighted by Crippen LogP contribution is 2.17. The molecule has 1 aromatic heterocycles. The molecule has 140 valence electrons. The van der Waals surface area contributed by atoms with Crippen molar-refractivity contribution in [3.05, 3.63) is 58.8 Å². The number of nitrogens with two attached hydrogens (primary N) is 1. The summed E-state index contributed by atoms with van der Waals surface area (Å²) in [5, 5.41) is 0.703. The van der Waals surface area contributed by atoms with Crippen molar-refractivity contribution in [1.82, 2.24) is 14.7 Å². The van der Waals surface area contributed by atoms with Crippen molar-refractivity contribution in [1.29, 1.82) is 0 Å². The molecule has 3 aromatic rings. The van der Waals surface area contributed by atoms with Crippen LogP contribution in [0.3, 0.4) is 0 Å². The minimum absolute atomic E-state index is 0.0373. The number of para-hydroxylation sites is 1. The number of anilines is 1. The Morgan fingerprint density at radius 3 is 2.70 bits per heavy atom. The van der Waals surface area contributed by atoms with Gasteiger partial charge in [-0.3, -0.25) is 4.79 Å². The third-order valence-corrected chi connectivity index (χ3v) is 5.45. The standard InChI is InChI=1S/C17H15BrN4O4S/c18-11-4-3-5-12(8-11)27(24,25)20-9-16(23)26-10-15-21-14-7-2-1-6-13(14)17(19)22-15/h1-8,20H,9-10H2,(H2,19,21,22). The molecule has 10 heteroatoms. The zero-order valence-corrected chi connectivity index (χ0v) is 16.3. The highest BCUT2D eigenvalue weighted by Gasteiger charge is 2.16. The summed E-state index contributed by atoms with van der Waals surface area (Å²) in [6.07, 6.45) is 0. The number of hydrogen-bond donors (Lipinski definition) is 2. The first kappa shape index (κ1) is 19.2. The summed E-state index contributed by atoms with van der Waals surface area (Å²) in [7, 11) is -3.83. The average molecular weight is 451 g/mol. The van der Waals surface area contributed by atoms with Crippen LogP contribution in [0.5, 0.6) is 0 Å². The summed E-state index contributed by atoms with van der Waals surface area (Å²) in [4.78, 5) is 20.2. The highest BCUT2D eigenvalue weighted by atomic mass is 79.9. The summed E-state index contributed by atoms with van der Waals surface area (Å²) in [6, 6.07) is 13.3.